The smallest absolute Gasteiger partial charge is 0.220 e. The van der Waals surface area contributed by atoms with Crippen LogP contribution in [0.25, 0.3) is 0 Å². The van der Waals surface area contributed by atoms with Crippen LogP contribution in [-0.4, -0.2) is 87.5 Å². The molecule has 452 valence electrons. The first-order valence-electron chi connectivity index (χ1n) is 33.9. The Hall–Kier alpha value is -1.07. The highest BCUT2D eigenvalue weighted by Crippen LogP contribution is 2.23. The van der Waals surface area contributed by atoms with Crippen LogP contribution in [0.2, 0.25) is 0 Å². The zero-order valence-corrected chi connectivity index (χ0v) is 50.5. The van der Waals surface area contributed by atoms with Crippen molar-refractivity contribution in [3.05, 3.63) is 12.2 Å². The fourth-order valence-corrected chi connectivity index (χ4v) is 11.3. The van der Waals surface area contributed by atoms with Gasteiger partial charge in [0.25, 0.3) is 0 Å². The Bertz CT molecular complexity index is 1200. The monoisotopic (exact) mass is 1080 g/mol. The van der Waals surface area contributed by atoms with Crippen LogP contribution in [0.3, 0.4) is 0 Å². The molecule has 0 saturated carbocycles. The molecule has 1 aliphatic rings. The predicted molar refractivity (Wildman–Crippen MR) is 323 cm³/mol. The third-order valence-electron chi connectivity index (χ3n) is 16.6. The number of amides is 1. The molecule has 0 aromatic heterocycles. The van der Waals surface area contributed by atoms with Crippen LogP contribution in [-0.2, 0) is 14.3 Å². The summed E-state index contributed by atoms with van der Waals surface area (Å²) in [5, 5.41) is 54.7. The number of allylic oxidation sites excluding steroid dienone is 1. The Balaban J connectivity index is 2.13. The van der Waals surface area contributed by atoms with Crippen molar-refractivity contribution in [2.75, 3.05) is 13.2 Å². The van der Waals surface area contributed by atoms with Crippen molar-refractivity contribution < 1.29 is 39.8 Å². The maximum atomic E-state index is 13.1. The minimum Gasteiger partial charge on any atom is -0.394 e. The van der Waals surface area contributed by atoms with E-state index in [9.17, 15) is 30.3 Å². The van der Waals surface area contributed by atoms with Crippen molar-refractivity contribution in [3.63, 3.8) is 0 Å². The van der Waals surface area contributed by atoms with Gasteiger partial charge in [0.15, 0.2) is 6.29 Å². The SMILES string of the molecule is CCCCCCCCCCCCCCCCCCCCCCCC/C=C/C(O)C(COC1OC(CO)C(O)C(O)C1O)NC(=O)CCCCCCCCCCCCCCCCCCCCCCCCCCCCCCC. The van der Waals surface area contributed by atoms with Gasteiger partial charge in [-0.05, 0) is 19.3 Å². The molecule has 7 unspecified atom stereocenters. The Morgan fingerprint density at radius 2 is 0.724 bits per heavy atom. The molecule has 1 saturated heterocycles. The quantitative estimate of drug-likeness (QED) is 0.0261. The summed E-state index contributed by atoms with van der Waals surface area (Å²) in [5.74, 6) is -0.167. The van der Waals surface area contributed by atoms with Gasteiger partial charge in [-0.25, -0.2) is 0 Å². The van der Waals surface area contributed by atoms with E-state index >= 15 is 0 Å². The molecular formula is C67H131NO8. The van der Waals surface area contributed by atoms with E-state index in [0.717, 1.165) is 38.5 Å². The van der Waals surface area contributed by atoms with Crippen molar-refractivity contribution in [3.8, 4) is 0 Å². The standard InChI is InChI=1S/C67H131NO8/c1-3-5-7-9-11-13-15-17-19-21-23-25-27-29-30-31-32-33-35-37-39-41-43-45-47-49-51-53-55-57-63(71)68-60(59-75-67-66(74)65(73)64(72)62(58-69)76-67)61(70)56-54-52-50-48-46-44-42-40-38-36-34-28-26-24-22-20-18-16-14-12-10-8-6-4-2/h54,56,60-62,64-67,69-70,72-74H,3-53,55,57-59H2,1-2H3,(H,68,71)/b56-54+. The maximum Gasteiger partial charge on any atom is 0.220 e. The number of nitrogens with one attached hydrogen (secondary N) is 1. The molecule has 0 spiro atoms. The van der Waals surface area contributed by atoms with Gasteiger partial charge in [-0.1, -0.05) is 341 Å². The van der Waals surface area contributed by atoms with Gasteiger partial charge in [0.05, 0.1) is 25.4 Å². The van der Waals surface area contributed by atoms with Crippen LogP contribution < -0.4 is 5.32 Å². The molecule has 0 aliphatic carbocycles. The normalized spacial score (nSPS) is 18.8. The largest absolute Gasteiger partial charge is 0.394 e. The third kappa shape index (κ3) is 45.6. The van der Waals surface area contributed by atoms with Gasteiger partial charge in [-0.15, -0.1) is 0 Å². The number of hydrogen-bond acceptors (Lipinski definition) is 8. The molecule has 0 radical (unpaired) electrons. The molecule has 1 fully saturated rings. The zero-order valence-electron chi connectivity index (χ0n) is 50.5. The van der Waals surface area contributed by atoms with Gasteiger partial charge < -0.3 is 40.3 Å². The number of aliphatic hydroxyl groups is 5. The highest BCUT2D eigenvalue weighted by molar-refractivity contribution is 5.76. The molecule has 9 nitrogen and oxygen atoms in total. The molecule has 1 aliphatic heterocycles. The van der Waals surface area contributed by atoms with E-state index in [4.69, 9.17) is 9.47 Å². The molecule has 0 aromatic rings. The summed E-state index contributed by atoms with van der Waals surface area (Å²) in [7, 11) is 0. The number of unbranched alkanes of at least 4 members (excludes halogenated alkanes) is 50. The number of carbonyl (C=O) groups excluding carboxylic acids is 1. The lowest BCUT2D eigenvalue weighted by Crippen LogP contribution is -2.60. The molecule has 0 bridgehead atoms. The minimum absolute atomic E-state index is 0.167. The van der Waals surface area contributed by atoms with Crippen LogP contribution in [0.15, 0.2) is 12.2 Å². The summed E-state index contributed by atoms with van der Waals surface area (Å²) < 4.78 is 11.3. The number of carbonyl (C=O) groups is 1. The average molecular weight is 1080 g/mol. The number of hydrogen-bond donors (Lipinski definition) is 6. The fraction of sp³-hybridized carbons (Fsp3) is 0.955. The van der Waals surface area contributed by atoms with Crippen LogP contribution >= 0.6 is 0 Å². The summed E-state index contributed by atoms with van der Waals surface area (Å²) in [4.78, 5) is 13.1. The van der Waals surface area contributed by atoms with Crippen molar-refractivity contribution in [2.45, 2.75) is 397 Å². The minimum atomic E-state index is -1.56. The number of ether oxygens (including phenoxy) is 2. The van der Waals surface area contributed by atoms with Gasteiger partial charge >= 0.3 is 0 Å². The first-order valence-corrected chi connectivity index (χ1v) is 33.9. The number of aliphatic hydroxyl groups excluding tert-OH is 5. The summed E-state index contributed by atoms with van der Waals surface area (Å²) >= 11 is 0. The van der Waals surface area contributed by atoms with E-state index in [1.807, 2.05) is 6.08 Å². The highest BCUT2D eigenvalue weighted by atomic mass is 16.7. The van der Waals surface area contributed by atoms with E-state index in [-0.39, 0.29) is 12.5 Å². The van der Waals surface area contributed by atoms with E-state index in [0.29, 0.717) is 6.42 Å². The van der Waals surface area contributed by atoms with Crippen LogP contribution in [0, 0.1) is 0 Å². The number of rotatable bonds is 60. The van der Waals surface area contributed by atoms with Crippen LogP contribution in [0.5, 0.6) is 0 Å². The summed E-state index contributed by atoms with van der Waals surface area (Å²) in [6, 6.07) is -0.802. The molecule has 6 N–H and O–H groups in total. The van der Waals surface area contributed by atoms with Gasteiger partial charge in [0, 0.05) is 6.42 Å². The Morgan fingerprint density at radius 3 is 1.03 bits per heavy atom. The van der Waals surface area contributed by atoms with E-state index in [1.54, 1.807) is 6.08 Å². The molecule has 9 heteroatoms. The molecule has 7 atom stereocenters. The zero-order chi connectivity index (χ0) is 55.0. The van der Waals surface area contributed by atoms with Gasteiger partial charge in [0.2, 0.25) is 5.91 Å². The van der Waals surface area contributed by atoms with Crippen molar-refractivity contribution in [1.29, 1.82) is 0 Å². The fourth-order valence-electron chi connectivity index (χ4n) is 11.3. The molecule has 1 heterocycles. The second-order valence-electron chi connectivity index (χ2n) is 24.0. The predicted octanol–water partition coefficient (Wildman–Crippen LogP) is 17.9. The van der Waals surface area contributed by atoms with Crippen molar-refractivity contribution >= 4 is 5.91 Å². The lowest BCUT2D eigenvalue weighted by atomic mass is 9.99. The molecule has 0 aromatic carbocycles. The lowest BCUT2D eigenvalue weighted by Gasteiger charge is -2.40. The topological polar surface area (TPSA) is 149 Å². The molecule has 1 amide bonds. The first-order chi connectivity index (χ1) is 37.3. The second-order valence-corrected chi connectivity index (χ2v) is 24.0. The Kier molecular flexibility index (Phi) is 54.9. The highest BCUT2D eigenvalue weighted by Gasteiger charge is 2.44. The molecular weight excluding hydrogens is 947 g/mol. The van der Waals surface area contributed by atoms with Crippen LogP contribution in [0.1, 0.15) is 354 Å². The third-order valence-corrected chi connectivity index (χ3v) is 16.6. The maximum absolute atomic E-state index is 13.1. The van der Waals surface area contributed by atoms with Gasteiger partial charge in [-0.2, -0.15) is 0 Å². The van der Waals surface area contributed by atoms with Gasteiger partial charge in [0.1, 0.15) is 24.4 Å². The van der Waals surface area contributed by atoms with E-state index < -0.39 is 49.5 Å². The first kappa shape index (κ1) is 72.9. The molecule has 76 heavy (non-hydrogen) atoms. The van der Waals surface area contributed by atoms with E-state index in [1.165, 1.54) is 295 Å². The Morgan fingerprint density at radius 1 is 0.434 bits per heavy atom. The average Bonchev–Trinajstić information content (AvgIpc) is 3.42. The van der Waals surface area contributed by atoms with Crippen molar-refractivity contribution in [2.24, 2.45) is 0 Å². The lowest BCUT2D eigenvalue weighted by molar-refractivity contribution is -0.302. The summed E-state index contributed by atoms with van der Waals surface area (Å²) in [6.07, 6.45) is 66.0. The van der Waals surface area contributed by atoms with E-state index in [2.05, 4.69) is 19.2 Å². The Labute approximate surface area is 471 Å². The second kappa shape index (κ2) is 57.2. The van der Waals surface area contributed by atoms with Gasteiger partial charge in [-0.3, -0.25) is 4.79 Å². The summed E-state index contributed by atoms with van der Waals surface area (Å²) in [5.41, 5.74) is 0. The summed E-state index contributed by atoms with van der Waals surface area (Å²) in [6.45, 7) is 3.84. The van der Waals surface area contributed by atoms with Crippen molar-refractivity contribution in [1.82, 2.24) is 5.32 Å². The molecule has 1 rings (SSSR count). The van der Waals surface area contributed by atoms with Crippen LogP contribution in [0.4, 0.5) is 0 Å².